The SMILES string of the molecule is Cc1ccc(C2(C(=O)NCCc3scnc3C)CC2)cc1. The van der Waals surface area contributed by atoms with Gasteiger partial charge in [-0.25, -0.2) is 4.98 Å². The van der Waals surface area contributed by atoms with Crippen molar-refractivity contribution in [2.75, 3.05) is 6.54 Å². The zero-order valence-corrected chi connectivity index (χ0v) is 13.3. The van der Waals surface area contributed by atoms with Crippen molar-refractivity contribution in [2.24, 2.45) is 0 Å². The first-order valence-corrected chi connectivity index (χ1v) is 8.24. The molecule has 1 aromatic heterocycles. The molecule has 1 fully saturated rings. The number of benzene rings is 1. The van der Waals surface area contributed by atoms with Crippen LogP contribution in [0.1, 0.15) is 34.5 Å². The lowest BCUT2D eigenvalue weighted by Gasteiger charge is -2.16. The second-order valence-electron chi connectivity index (χ2n) is 5.81. The third kappa shape index (κ3) is 2.86. The third-order valence-electron chi connectivity index (χ3n) is 4.27. The molecule has 0 spiro atoms. The Morgan fingerprint density at radius 1 is 1.29 bits per heavy atom. The minimum atomic E-state index is -0.267. The Balaban J connectivity index is 1.60. The number of nitrogens with one attached hydrogen (secondary N) is 1. The number of aromatic nitrogens is 1. The van der Waals surface area contributed by atoms with Crippen LogP contribution in [0.3, 0.4) is 0 Å². The highest BCUT2D eigenvalue weighted by atomic mass is 32.1. The molecule has 21 heavy (non-hydrogen) atoms. The van der Waals surface area contributed by atoms with Crippen LogP contribution >= 0.6 is 11.3 Å². The van der Waals surface area contributed by atoms with Gasteiger partial charge in [-0.05, 0) is 32.3 Å². The van der Waals surface area contributed by atoms with E-state index in [1.54, 1.807) is 11.3 Å². The molecule has 1 heterocycles. The number of nitrogens with zero attached hydrogens (tertiary/aromatic N) is 1. The van der Waals surface area contributed by atoms with Crippen molar-refractivity contribution in [3.8, 4) is 0 Å². The maximum Gasteiger partial charge on any atom is 0.230 e. The van der Waals surface area contributed by atoms with Gasteiger partial charge in [0.25, 0.3) is 0 Å². The van der Waals surface area contributed by atoms with Crippen molar-refractivity contribution in [3.63, 3.8) is 0 Å². The summed E-state index contributed by atoms with van der Waals surface area (Å²) in [7, 11) is 0. The number of hydrogen-bond acceptors (Lipinski definition) is 3. The predicted octanol–water partition coefficient (Wildman–Crippen LogP) is 3.15. The van der Waals surface area contributed by atoms with Crippen molar-refractivity contribution < 1.29 is 4.79 Å². The third-order valence-corrected chi connectivity index (χ3v) is 5.27. The highest BCUT2D eigenvalue weighted by Gasteiger charge is 2.50. The average molecular weight is 300 g/mol. The molecular formula is C17H20N2OS. The second kappa shape index (κ2) is 5.60. The maximum atomic E-state index is 12.5. The molecule has 1 aromatic carbocycles. The molecule has 0 saturated heterocycles. The van der Waals surface area contributed by atoms with Gasteiger partial charge in [0.15, 0.2) is 0 Å². The van der Waals surface area contributed by atoms with Gasteiger partial charge < -0.3 is 5.32 Å². The van der Waals surface area contributed by atoms with E-state index in [1.165, 1.54) is 10.4 Å². The monoisotopic (exact) mass is 300 g/mol. The number of carbonyl (C=O) groups is 1. The van der Waals surface area contributed by atoms with Crippen molar-refractivity contribution >= 4 is 17.2 Å². The smallest absolute Gasteiger partial charge is 0.230 e. The molecule has 2 aromatic rings. The fraction of sp³-hybridized carbons (Fsp3) is 0.412. The molecule has 1 aliphatic carbocycles. The lowest BCUT2D eigenvalue weighted by Crippen LogP contribution is -2.35. The maximum absolute atomic E-state index is 12.5. The van der Waals surface area contributed by atoms with E-state index in [1.807, 2.05) is 12.4 Å². The summed E-state index contributed by atoms with van der Waals surface area (Å²) in [6.45, 7) is 4.78. The summed E-state index contributed by atoms with van der Waals surface area (Å²) in [5, 5.41) is 3.10. The summed E-state index contributed by atoms with van der Waals surface area (Å²) in [5.41, 5.74) is 5.06. The van der Waals surface area contributed by atoms with Crippen LogP contribution in [0.15, 0.2) is 29.8 Å². The molecule has 0 atom stereocenters. The van der Waals surface area contributed by atoms with Crippen LogP contribution in [0.4, 0.5) is 0 Å². The van der Waals surface area contributed by atoms with E-state index in [0.717, 1.165) is 30.5 Å². The van der Waals surface area contributed by atoms with E-state index in [9.17, 15) is 4.79 Å². The molecule has 3 nitrogen and oxygen atoms in total. The van der Waals surface area contributed by atoms with E-state index in [2.05, 4.69) is 41.5 Å². The van der Waals surface area contributed by atoms with Gasteiger partial charge in [-0.3, -0.25) is 4.79 Å². The van der Waals surface area contributed by atoms with E-state index in [4.69, 9.17) is 0 Å². The molecular weight excluding hydrogens is 280 g/mol. The lowest BCUT2D eigenvalue weighted by atomic mass is 9.94. The molecule has 0 unspecified atom stereocenters. The molecule has 1 aliphatic rings. The van der Waals surface area contributed by atoms with Crippen molar-refractivity contribution in [2.45, 2.75) is 38.5 Å². The fourth-order valence-electron chi connectivity index (χ4n) is 2.67. The van der Waals surface area contributed by atoms with Gasteiger partial charge >= 0.3 is 0 Å². The Bertz CT molecular complexity index is 641. The second-order valence-corrected chi connectivity index (χ2v) is 6.75. The van der Waals surface area contributed by atoms with Crippen LogP contribution in [-0.2, 0) is 16.6 Å². The summed E-state index contributed by atoms with van der Waals surface area (Å²) in [5.74, 6) is 0.175. The first-order chi connectivity index (χ1) is 10.1. The standard InChI is InChI=1S/C17H20N2OS/c1-12-3-5-14(6-4-12)17(8-9-17)16(20)18-10-7-15-13(2)19-11-21-15/h3-6,11H,7-10H2,1-2H3,(H,18,20). The first-order valence-electron chi connectivity index (χ1n) is 7.36. The van der Waals surface area contributed by atoms with Gasteiger partial charge in [-0.2, -0.15) is 0 Å². The van der Waals surface area contributed by atoms with Crippen LogP contribution in [0.25, 0.3) is 0 Å². The highest BCUT2D eigenvalue weighted by molar-refractivity contribution is 7.09. The average Bonchev–Trinajstić information content (AvgIpc) is 3.19. The normalized spacial score (nSPS) is 15.7. The van der Waals surface area contributed by atoms with E-state index < -0.39 is 0 Å². The van der Waals surface area contributed by atoms with Crippen LogP contribution in [0.5, 0.6) is 0 Å². The largest absolute Gasteiger partial charge is 0.355 e. The summed E-state index contributed by atoms with van der Waals surface area (Å²) >= 11 is 1.66. The van der Waals surface area contributed by atoms with Crippen molar-refractivity contribution in [1.82, 2.24) is 10.3 Å². The number of thiazole rings is 1. The lowest BCUT2D eigenvalue weighted by molar-refractivity contribution is -0.123. The van der Waals surface area contributed by atoms with Crippen LogP contribution in [0, 0.1) is 13.8 Å². The summed E-state index contributed by atoms with van der Waals surface area (Å²) < 4.78 is 0. The highest BCUT2D eigenvalue weighted by Crippen LogP contribution is 2.48. The molecule has 4 heteroatoms. The quantitative estimate of drug-likeness (QED) is 0.921. The molecule has 0 bridgehead atoms. The number of hydrogen-bond donors (Lipinski definition) is 1. The predicted molar refractivity (Wildman–Crippen MR) is 85.7 cm³/mol. The van der Waals surface area contributed by atoms with E-state index >= 15 is 0 Å². The minimum absolute atomic E-state index is 0.175. The number of aryl methyl sites for hydroxylation is 2. The molecule has 1 amide bonds. The van der Waals surface area contributed by atoms with Crippen LogP contribution < -0.4 is 5.32 Å². The van der Waals surface area contributed by atoms with Crippen molar-refractivity contribution in [1.29, 1.82) is 0 Å². The topological polar surface area (TPSA) is 42.0 Å². The van der Waals surface area contributed by atoms with Gasteiger partial charge in [0, 0.05) is 17.8 Å². The van der Waals surface area contributed by atoms with Gasteiger partial charge in [0.05, 0.1) is 16.6 Å². The Labute approximate surface area is 129 Å². The van der Waals surface area contributed by atoms with Gasteiger partial charge in [-0.1, -0.05) is 29.8 Å². The number of rotatable bonds is 5. The Hall–Kier alpha value is -1.68. The number of amides is 1. The molecule has 110 valence electrons. The molecule has 3 rings (SSSR count). The van der Waals surface area contributed by atoms with Gasteiger partial charge in [-0.15, -0.1) is 11.3 Å². The fourth-order valence-corrected chi connectivity index (χ4v) is 3.45. The van der Waals surface area contributed by atoms with Crippen molar-refractivity contribution in [3.05, 3.63) is 51.5 Å². The molecule has 1 N–H and O–H groups in total. The summed E-state index contributed by atoms with van der Waals surface area (Å²) in [6.07, 6.45) is 2.79. The first kappa shape index (κ1) is 14.3. The molecule has 1 saturated carbocycles. The van der Waals surface area contributed by atoms with Gasteiger partial charge in [0.1, 0.15) is 0 Å². The number of carbonyl (C=O) groups excluding carboxylic acids is 1. The zero-order valence-electron chi connectivity index (χ0n) is 12.5. The summed E-state index contributed by atoms with van der Waals surface area (Å²) in [6, 6.07) is 8.36. The minimum Gasteiger partial charge on any atom is -0.355 e. The Morgan fingerprint density at radius 3 is 2.57 bits per heavy atom. The van der Waals surface area contributed by atoms with E-state index in [-0.39, 0.29) is 11.3 Å². The molecule has 0 aliphatic heterocycles. The van der Waals surface area contributed by atoms with Crippen LogP contribution in [0.2, 0.25) is 0 Å². The summed E-state index contributed by atoms with van der Waals surface area (Å²) in [4.78, 5) is 18.0. The Morgan fingerprint density at radius 2 is 2.00 bits per heavy atom. The zero-order chi connectivity index (χ0) is 14.9. The Kier molecular flexibility index (Phi) is 3.81. The van der Waals surface area contributed by atoms with Crippen LogP contribution in [-0.4, -0.2) is 17.4 Å². The van der Waals surface area contributed by atoms with Gasteiger partial charge in [0.2, 0.25) is 5.91 Å². The molecule has 0 radical (unpaired) electrons. The van der Waals surface area contributed by atoms with E-state index in [0.29, 0.717) is 6.54 Å².